The van der Waals surface area contributed by atoms with Crippen molar-refractivity contribution in [1.29, 1.82) is 0 Å². The molecule has 0 amide bonds. The van der Waals surface area contributed by atoms with Crippen LogP contribution in [0.1, 0.15) is 17.2 Å². The van der Waals surface area contributed by atoms with Crippen molar-refractivity contribution < 1.29 is 4.39 Å². The van der Waals surface area contributed by atoms with Gasteiger partial charge < -0.3 is 11.1 Å². The van der Waals surface area contributed by atoms with Gasteiger partial charge in [0.25, 0.3) is 0 Å². The average molecular weight is 208 g/mol. The van der Waals surface area contributed by atoms with Crippen LogP contribution in [0.4, 0.5) is 4.39 Å². The largest absolute Gasteiger partial charge is 0.329 e. The fourth-order valence-corrected chi connectivity index (χ4v) is 1.53. The van der Waals surface area contributed by atoms with E-state index >= 15 is 0 Å². The number of nitrogens with one attached hydrogen (secondary N) is 1. The Morgan fingerprint density at radius 1 is 1.53 bits per heavy atom. The van der Waals surface area contributed by atoms with Crippen molar-refractivity contribution in [2.45, 2.75) is 13.0 Å². The third-order valence-electron chi connectivity index (χ3n) is 2.21. The summed E-state index contributed by atoms with van der Waals surface area (Å²) in [5.74, 6) is -0.219. The van der Waals surface area contributed by atoms with Crippen LogP contribution in [0.5, 0.6) is 0 Å². The minimum absolute atomic E-state index is 0.0163. The Bertz CT molecular complexity index is 316. The minimum Gasteiger partial charge on any atom is -0.329 e. The van der Waals surface area contributed by atoms with Crippen LogP contribution in [0, 0.1) is 12.7 Å². The minimum atomic E-state index is -0.219. The van der Waals surface area contributed by atoms with Gasteiger partial charge in [-0.15, -0.1) is 6.58 Å². The van der Waals surface area contributed by atoms with Crippen molar-refractivity contribution in [2.75, 3.05) is 13.1 Å². The lowest BCUT2D eigenvalue weighted by molar-refractivity contribution is 0.566. The monoisotopic (exact) mass is 208 g/mol. The van der Waals surface area contributed by atoms with Gasteiger partial charge in [0, 0.05) is 19.1 Å². The summed E-state index contributed by atoms with van der Waals surface area (Å²) in [5, 5.41) is 3.18. The highest BCUT2D eigenvalue weighted by molar-refractivity contribution is 5.26. The summed E-state index contributed by atoms with van der Waals surface area (Å²) in [6, 6.07) is 4.94. The number of benzene rings is 1. The molecule has 3 heteroatoms. The Kier molecular flexibility index (Phi) is 4.46. The van der Waals surface area contributed by atoms with Gasteiger partial charge in [0.2, 0.25) is 0 Å². The van der Waals surface area contributed by atoms with Gasteiger partial charge in [-0.3, -0.25) is 0 Å². The zero-order valence-electron chi connectivity index (χ0n) is 8.96. The predicted octanol–water partition coefficient (Wildman–Crippen LogP) is 1.91. The number of hydrogen-bond acceptors (Lipinski definition) is 2. The van der Waals surface area contributed by atoms with Crippen molar-refractivity contribution in [3.8, 4) is 0 Å². The summed E-state index contributed by atoms with van der Waals surface area (Å²) >= 11 is 0. The van der Waals surface area contributed by atoms with E-state index in [0.717, 1.165) is 11.1 Å². The first-order chi connectivity index (χ1) is 7.17. The van der Waals surface area contributed by atoms with Gasteiger partial charge in [0.15, 0.2) is 0 Å². The second kappa shape index (κ2) is 5.63. The van der Waals surface area contributed by atoms with Gasteiger partial charge in [-0.2, -0.15) is 0 Å². The van der Waals surface area contributed by atoms with E-state index in [-0.39, 0.29) is 11.9 Å². The SMILES string of the molecule is C=CCNC(CN)c1cc(C)cc(F)c1. The molecule has 1 atom stereocenters. The third-order valence-corrected chi connectivity index (χ3v) is 2.21. The number of nitrogens with two attached hydrogens (primary N) is 1. The van der Waals surface area contributed by atoms with Gasteiger partial charge in [-0.1, -0.05) is 12.1 Å². The molecule has 0 bridgehead atoms. The summed E-state index contributed by atoms with van der Waals surface area (Å²) in [6.07, 6.45) is 1.76. The van der Waals surface area contributed by atoms with Crippen LogP contribution in [0.25, 0.3) is 0 Å². The van der Waals surface area contributed by atoms with Crippen molar-refractivity contribution in [3.63, 3.8) is 0 Å². The highest BCUT2D eigenvalue weighted by Crippen LogP contribution is 2.15. The molecule has 0 fully saturated rings. The topological polar surface area (TPSA) is 38.0 Å². The molecule has 2 nitrogen and oxygen atoms in total. The van der Waals surface area contributed by atoms with E-state index in [9.17, 15) is 4.39 Å². The summed E-state index contributed by atoms with van der Waals surface area (Å²) in [6.45, 7) is 6.59. The molecule has 1 aromatic carbocycles. The van der Waals surface area contributed by atoms with E-state index in [0.29, 0.717) is 13.1 Å². The number of rotatable bonds is 5. The number of halogens is 1. The first kappa shape index (κ1) is 11.9. The zero-order chi connectivity index (χ0) is 11.3. The van der Waals surface area contributed by atoms with Crippen LogP contribution in [0.2, 0.25) is 0 Å². The summed E-state index contributed by atoms with van der Waals surface area (Å²) in [5.41, 5.74) is 7.42. The van der Waals surface area contributed by atoms with Gasteiger partial charge >= 0.3 is 0 Å². The van der Waals surface area contributed by atoms with E-state index < -0.39 is 0 Å². The Morgan fingerprint density at radius 3 is 2.80 bits per heavy atom. The summed E-state index contributed by atoms with van der Waals surface area (Å²) in [7, 11) is 0. The van der Waals surface area contributed by atoms with Crippen LogP contribution < -0.4 is 11.1 Å². The standard InChI is InChI=1S/C12H17FN2/c1-3-4-15-12(8-14)10-5-9(2)6-11(13)7-10/h3,5-7,12,15H,1,4,8,14H2,2H3. The Hall–Kier alpha value is -1.19. The van der Waals surface area contributed by atoms with E-state index in [4.69, 9.17) is 5.73 Å². The first-order valence-electron chi connectivity index (χ1n) is 4.98. The lowest BCUT2D eigenvalue weighted by Crippen LogP contribution is -2.28. The molecule has 0 aliphatic heterocycles. The number of hydrogen-bond donors (Lipinski definition) is 2. The zero-order valence-corrected chi connectivity index (χ0v) is 8.96. The molecule has 82 valence electrons. The molecule has 0 saturated heterocycles. The van der Waals surface area contributed by atoms with Crippen LogP contribution in [-0.4, -0.2) is 13.1 Å². The maximum atomic E-state index is 13.2. The third kappa shape index (κ3) is 3.46. The van der Waals surface area contributed by atoms with E-state index in [2.05, 4.69) is 11.9 Å². The molecule has 15 heavy (non-hydrogen) atoms. The van der Waals surface area contributed by atoms with Crippen LogP contribution in [0.15, 0.2) is 30.9 Å². The lowest BCUT2D eigenvalue weighted by atomic mass is 10.0. The van der Waals surface area contributed by atoms with E-state index in [1.54, 1.807) is 6.08 Å². The van der Waals surface area contributed by atoms with Crippen LogP contribution >= 0.6 is 0 Å². The van der Waals surface area contributed by atoms with Crippen molar-refractivity contribution >= 4 is 0 Å². The highest BCUT2D eigenvalue weighted by atomic mass is 19.1. The molecule has 0 radical (unpaired) electrons. The molecular weight excluding hydrogens is 191 g/mol. The fourth-order valence-electron chi connectivity index (χ4n) is 1.53. The van der Waals surface area contributed by atoms with Crippen molar-refractivity contribution in [3.05, 3.63) is 47.8 Å². The molecule has 0 saturated carbocycles. The van der Waals surface area contributed by atoms with E-state index in [1.807, 2.05) is 13.0 Å². The van der Waals surface area contributed by atoms with Crippen LogP contribution in [-0.2, 0) is 0 Å². The van der Waals surface area contributed by atoms with Crippen LogP contribution in [0.3, 0.4) is 0 Å². The maximum absolute atomic E-state index is 13.2. The molecule has 0 aliphatic rings. The average Bonchev–Trinajstić information content (AvgIpc) is 2.17. The molecule has 0 spiro atoms. The second-order valence-electron chi connectivity index (χ2n) is 3.55. The Balaban J connectivity index is 2.85. The van der Waals surface area contributed by atoms with Gasteiger partial charge in [-0.05, 0) is 30.2 Å². The fraction of sp³-hybridized carbons (Fsp3) is 0.333. The molecule has 1 aromatic rings. The quantitative estimate of drug-likeness (QED) is 0.725. The molecular formula is C12H17FN2. The number of aryl methyl sites for hydroxylation is 1. The normalized spacial score (nSPS) is 12.5. The van der Waals surface area contributed by atoms with Crippen molar-refractivity contribution in [1.82, 2.24) is 5.32 Å². The molecule has 0 aliphatic carbocycles. The summed E-state index contributed by atoms with van der Waals surface area (Å²) < 4.78 is 13.2. The molecule has 1 unspecified atom stereocenters. The summed E-state index contributed by atoms with van der Waals surface area (Å²) in [4.78, 5) is 0. The Labute approximate surface area is 90.0 Å². The first-order valence-corrected chi connectivity index (χ1v) is 4.98. The van der Waals surface area contributed by atoms with E-state index in [1.165, 1.54) is 12.1 Å². The maximum Gasteiger partial charge on any atom is 0.123 e. The highest BCUT2D eigenvalue weighted by Gasteiger charge is 2.09. The molecule has 3 N–H and O–H groups in total. The molecule has 1 rings (SSSR count). The van der Waals surface area contributed by atoms with Crippen molar-refractivity contribution in [2.24, 2.45) is 5.73 Å². The van der Waals surface area contributed by atoms with Gasteiger partial charge in [0.1, 0.15) is 5.82 Å². The van der Waals surface area contributed by atoms with Gasteiger partial charge in [-0.25, -0.2) is 4.39 Å². The molecule has 0 heterocycles. The predicted molar refractivity (Wildman–Crippen MR) is 61.1 cm³/mol. The molecule has 0 aromatic heterocycles. The lowest BCUT2D eigenvalue weighted by Gasteiger charge is -2.16. The smallest absolute Gasteiger partial charge is 0.123 e. The second-order valence-corrected chi connectivity index (χ2v) is 3.55. The van der Waals surface area contributed by atoms with Gasteiger partial charge in [0.05, 0.1) is 0 Å². The Morgan fingerprint density at radius 2 is 2.27 bits per heavy atom.